The van der Waals surface area contributed by atoms with Gasteiger partial charge in [0, 0.05) is 7.05 Å². The molecule has 1 heterocycles. The predicted molar refractivity (Wildman–Crippen MR) is 105 cm³/mol. The number of carbonyl (C=O) groups excluding carboxylic acids is 2. The Morgan fingerprint density at radius 2 is 2.04 bits per heavy atom. The van der Waals surface area contributed by atoms with Crippen LogP contribution in [0.4, 0.5) is 4.79 Å². The van der Waals surface area contributed by atoms with E-state index >= 15 is 0 Å². The number of carbonyl (C=O) groups is 2. The molecule has 0 spiro atoms. The van der Waals surface area contributed by atoms with Gasteiger partial charge in [-0.15, -0.1) is 0 Å². The highest BCUT2D eigenvalue weighted by Gasteiger charge is 2.24. The maximum Gasteiger partial charge on any atom is 0.290 e. The van der Waals surface area contributed by atoms with Crippen LogP contribution in [0.5, 0.6) is 5.75 Å². The molecule has 1 aromatic rings. The van der Waals surface area contributed by atoms with E-state index in [9.17, 15) is 9.59 Å². The molecule has 0 radical (unpaired) electrons. The summed E-state index contributed by atoms with van der Waals surface area (Å²) in [6.45, 7) is 4.71. The average molecular weight is 371 g/mol. The zero-order valence-corrected chi connectivity index (χ0v) is 15.3. The van der Waals surface area contributed by atoms with Crippen molar-refractivity contribution in [2.24, 2.45) is 5.73 Å². The molecule has 1 aliphatic heterocycles. The molecule has 1 aliphatic rings. The Bertz CT molecular complexity index is 767. The van der Waals surface area contributed by atoms with E-state index in [-0.39, 0.29) is 11.1 Å². The quantitative estimate of drug-likeness (QED) is 0.540. The molecule has 26 heavy (non-hydrogen) atoms. The molecule has 2 amide bonds. The summed E-state index contributed by atoms with van der Waals surface area (Å²) in [7, 11) is 1.89. The molecule has 0 unspecified atom stereocenters. The third-order valence-corrected chi connectivity index (χ3v) is 4.28. The molecule has 0 saturated carbocycles. The van der Waals surface area contributed by atoms with Crippen molar-refractivity contribution in [3.05, 3.63) is 71.4 Å². The highest BCUT2D eigenvalue weighted by atomic mass is 32.2. The molecular weight excluding hydrogens is 350 g/mol. The third kappa shape index (κ3) is 5.86. The second-order valence-electron chi connectivity index (χ2n) is 5.40. The first-order valence-electron chi connectivity index (χ1n) is 7.93. The number of nitrogens with two attached hydrogens (primary N) is 1. The number of nitrogens with zero attached hydrogens (tertiary/aromatic N) is 1. The largest absolute Gasteiger partial charge is 0.492 e. The first-order chi connectivity index (χ1) is 12.5. The van der Waals surface area contributed by atoms with Crippen molar-refractivity contribution in [3.63, 3.8) is 0 Å². The van der Waals surface area contributed by atoms with Crippen LogP contribution in [0.1, 0.15) is 5.56 Å². The van der Waals surface area contributed by atoms with Gasteiger partial charge in [0.05, 0.1) is 17.3 Å². The third-order valence-electron chi connectivity index (χ3n) is 3.47. The minimum Gasteiger partial charge on any atom is -0.492 e. The lowest BCUT2D eigenvalue weighted by molar-refractivity contribution is -0.115. The second kappa shape index (κ2) is 9.53. The lowest BCUT2D eigenvalue weighted by Gasteiger charge is -2.19. The number of likely N-dealkylation sites (N-methyl/N-ethyl adjacent to an activating group) is 1. The van der Waals surface area contributed by atoms with E-state index in [1.807, 2.05) is 42.3 Å². The molecule has 7 heteroatoms. The number of thioether (sulfide) groups is 1. The molecular formula is C19H21N3O3S. The van der Waals surface area contributed by atoms with E-state index in [1.165, 1.54) is 0 Å². The molecule has 6 nitrogen and oxygen atoms in total. The molecule has 0 bridgehead atoms. The van der Waals surface area contributed by atoms with Crippen LogP contribution in [0.15, 0.2) is 65.9 Å². The number of benzene rings is 1. The Morgan fingerprint density at radius 1 is 1.31 bits per heavy atom. The topological polar surface area (TPSA) is 84.7 Å². The van der Waals surface area contributed by atoms with Gasteiger partial charge in [0.15, 0.2) is 0 Å². The van der Waals surface area contributed by atoms with E-state index in [0.717, 1.165) is 17.3 Å². The first kappa shape index (κ1) is 19.4. The summed E-state index contributed by atoms with van der Waals surface area (Å²) >= 11 is 0.897. The fraction of sp³-hybridized carbons (Fsp3) is 0.158. The van der Waals surface area contributed by atoms with E-state index in [1.54, 1.807) is 24.3 Å². The van der Waals surface area contributed by atoms with Crippen molar-refractivity contribution in [3.8, 4) is 5.75 Å². The van der Waals surface area contributed by atoms with Crippen LogP contribution in [0.25, 0.3) is 6.08 Å². The van der Waals surface area contributed by atoms with Crippen LogP contribution in [-0.2, 0) is 4.79 Å². The number of rotatable bonds is 8. The SMILES string of the molecule is C=C/C=C\C=C(/N)N(C)CCOc1ccc(/C=C2\SC(=O)NC2=O)cc1. The van der Waals surface area contributed by atoms with Crippen molar-refractivity contribution in [1.29, 1.82) is 0 Å². The van der Waals surface area contributed by atoms with Crippen molar-refractivity contribution in [2.45, 2.75) is 0 Å². The number of nitrogens with one attached hydrogen (secondary N) is 1. The smallest absolute Gasteiger partial charge is 0.290 e. The lowest BCUT2D eigenvalue weighted by Crippen LogP contribution is -2.27. The molecule has 3 N–H and O–H groups in total. The molecule has 1 fully saturated rings. The zero-order valence-electron chi connectivity index (χ0n) is 14.5. The Labute approximate surface area is 157 Å². The molecule has 136 valence electrons. The van der Waals surface area contributed by atoms with Gasteiger partial charge < -0.3 is 15.4 Å². The summed E-state index contributed by atoms with van der Waals surface area (Å²) < 4.78 is 5.70. The van der Waals surface area contributed by atoms with Crippen LogP contribution in [0.3, 0.4) is 0 Å². The summed E-state index contributed by atoms with van der Waals surface area (Å²) in [5.74, 6) is 0.988. The van der Waals surface area contributed by atoms with Gasteiger partial charge in [-0.1, -0.05) is 36.9 Å². The van der Waals surface area contributed by atoms with Gasteiger partial charge in [-0.2, -0.15) is 0 Å². The van der Waals surface area contributed by atoms with Gasteiger partial charge in [0.25, 0.3) is 11.1 Å². The number of hydrogen-bond acceptors (Lipinski definition) is 6. The fourth-order valence-electron chi connectivity index (χ4n) is 2.02. The normalized spacial score (nSPS) is 16.2. The summed E-state index contributed by atoms with van der Waals surface area (Å²) in [5.41, 5.74) is 6.76. The van der Waals surface area contributed by atoms with Crippen LogP contribution in [0, 0.1) is 0 Å². The van der Waals surface area contributed by atoms with E-state index in [0.29, 0.717) is 29.6 Å². The second-order valence-corrected chi connectivity index (χ2v) is 6.42. The van der Waals surface area contributed by atoms with Gasteiger partial charge in [0.2, 0.25) is 0 Å². The standard InChI is InChI=1S/C19H21N3O3S/c1-3-4-5-6-17(20)22(2)11-12-25-15-9-7-14(8-10-15)13-16-18(23)21-19(24)26-16/h3-10,13H,1,11-12,20H2,2H3,(H,21,23,24)/b5-4-,16-13-,17-6+. The molecule has 0 aliphatic carbocycles. The van der Waals surface area contributed by atoms with Crippen LogP contribution in [0.2, 0.25) is 0 Å². The molecule has 2 rings (SSSR count). The van der Waals surface area contributed by atoms with E-state index in [2.05, 4.69) is 11.9 Å². The highest BCUT2D eigenvalue weighted by molar-refractivity contribution is 8.18. The lowest BCUT2D eigenvalue weighted by atomic mass is 10.2. The minimum absolute atomic E-state index is 0.348. The monoisotopic (exact) mass is 371 g/mol. The van der Waals surface area contributed by atoms with Crippen molar-refractivity contribution >= 4 is 29.0 Å². The summed E-state index contributed by atoms with van der Waals surface area (Å²) in [6.07, 6.45) is 8.78. The highest BCUT2D eigenvalue weighted by Crippen LogP contribution is 2.26. The molecule has 0 atom stereocenters. The van der Waals surface area contributed by atoms with Gasteiger partial charge in [-0.3, -0.25) is 14.9 Å². The fourth-order valence-corrected chi connectivity index (χ4v) is 2.70. The molecule has 1 aromatic carbocycles. The van der Waals surface area contributed by atoms with Crippen LogP contribution < -0.4 is 15.8 Å². The maximum absolute atomic E-state index is 11.5. The van der Waals surface area contributed by atoms with Crippen molar-refractivity contribution in [1.82, 2.24) is 10.2 Å². The molecule has 1 saturated heterocycles. The Morgan fingerprint density at radius 3 is 2.65 bits per heavy atom. The molecule has 0 aromatic heterocycles. The minimum atomic E-state index is -0.364. The van der Waals surface area contributed by atoms with E-state index in [4.69, 9.17) is 10.5 Å². The Balaban J connectivity index is 1.84. The summed E-state index contributed by atoms with van der Waals surface area (Å²) in [5, 5.41) is 1.88. The predicted octanol–water partition coefficient (Wildman–Crippen LogP) is 2.86. The summed E-state index contributed by atoms with van der Waals surface area (Å²) in [4.78, 5) is 24.9. The number of allylic oxidation sites excluding steroid dienone is 4. The van der Waals surface area contributed by atoms with Crippen molar-refractivity contribution < 1.29 is 14.3 Å². The zero-order chi connectivity index (χ0) is 18.9. The maximum atomic E-state index is 11.5. The average Bonchev–Trinajstić information content (AvgIpc) is 2.93. The summed E-state index contributed by atoms with van der Waals surface area (Å²) in [6, 6.07) is 7.30. The first-order valence-corrected chi connectivity index (χ1v) is 8.75. The van der Waals surface area contributed by atoms with Crippen LogP contribution in [-0.4, -0.2) is 36.2 Å². The van der Waals surface area contributed by atoms with Crippen LogP contribution >= 0.6 is 11.8 Å². The van der Waals surface area contributed by atoms with E-state index < -0.39 is 0 Å². The Kier molecular flexibility index (Phi) is 7.11. The number of hydrogen-bond donors (Lipinski definition) is 2. The van der Waals surface area contributed by atoms with Gasteiger partial charge in [-0.05, 0) is 41.6 Å². The van der Waals surface area contributed by atoms with Gasteiger partial charge >= 0.3 is 0 Å². The number of amides is 2. The van der Waals surface area contributed by atoms with Gasteiger partial charge in [-0.25, -0.2) is 0 Å². The number of ether oxygens (including phenoxy) is 1. The Hall–Kier alpha value is -2.93. The van der Waals surface area contributed by atoms with Gasteiger partial charge in [0.1, 0.15) is 12.4 Å². The number of imide groups is 1. The van der Waals surface area contributed by atoms with Crippen molar-refractivity contribution in [2.75, 3.05) is 20.2 Å².